The number of hydrogen-bond donors (Lipinski definition) is 1. The monoisotopic (exact) mass is 368 g/mol. The molecule has 3 heterocycles. The molecule has 4 rings (SSSR count). The number of nitrogens with zero attached hydrogens (tertiary/aromatic N) is 3. The zero-order valence-electron chi connectivity index (χ0n) is 14.9. The maximum Gasteiger partial charge on any atom is 0.271 e. The molecule has 3 aromatic rings. The Balaban J connectivity index is 1.45. The Labute approximate surface area is 156 Å². The van der Waals surface area contributed by atoms with Crippen LogP contribution in [0.5, 0.6) is 0 Å². The van der Waals surface area contributed by atoms with E-state index in [9.17, 15) is 9.18 Å². The molecule has 0 spiro atoms. The molecule has 1 N–H and O–H groups in total. The summed E-state index contributed by atoms with van der Waals surface area (Å²) in [4.78, 5) is 19.0. The van der Waals surface area contributed by atoms with Crippen molar-refractivity contribution in [2.24, 2.45) is 0 Å². The summed E-state index contributed by atoms with van der Waals surface area (Å²) in [6, 6.07) is 10.2. The molecule has 27 heavy (non-hydrogen) atoms. The van der Waals surface area contributed by atoms with Crippen LogP contribution in [-0.2, 0) is 4.74 Å². The molecule has 0 saturated carbocycles. The predicted octanol–water partition coefficient (Wildman–Crippen LogP) is 2.20. The third-order valence-electron chi connectivity index (χ3n) is 4.69. The molecule has 0 bridgehead atoms. The van der Waals surface area contributed by atoms with E-state index in [2.05, 4.69) is 15.2 Å². The molecular formula is C20H21FN4O2. The number of halogens is 1. The van der Waals surface area contributed by atoms with Crippen molar-refractivity contribution in [3.05, 3.63) is 60.3 Å². The van der Waals surface area contributed by atoms with E-state index in [0.29, 0.717) is 23.4 Å². The van der Waals surface area contributed by atoms with Gasteiger partial charge in [0.15, 0.2) is 0 Å². The van der Waals surface area contributed by atoms with Crippen LogP contribution in [0.1, 0.15) is 10.5 Å². The van der Waals surface area contributed by atoms with Crippen molar-refractivity contribution in [2.75, 3.05) is 39.4 Å². The SMILES string of the molecule is O=C(NCCN1CCOCC1)c1cn2cc(-c3ccccc3F)ccc2n1. The smallest absolute Gasteiger partial charge is 0.271 e. The molecule has 2 aromatic heterocycles. The van der Waals surface area contributed by atoms with Crippen LogP contribution in [0, 0.1) is 5.82 Å². The highest BCUT2D eigenvalue weighted by Gasteiger charge is 2.14. The van der Waals surface area contributed by atoms with Crippen molar-refractivity contribution >= 4 is 11.6 Å². The Morgan fingerprint density at radius 3 is 2.78 bits per heavy atom. The number of aromatic nitrogens is 2. The van der Waals surface area contributed by atoms with Gasteiger partial charge in [-0.3, -0.25) is 9.69 Å². The maximum atomic E-state index is 14.0. The Kier molecular flexibility index (Phi) is 5.13. The molecular weight excluding hydrogens is 347 g/mol. The highest BCUT2D eigenvalue weighted by Crippen LogP contribution is 2.23. The molecule has 1 aromatic carbocycles. The minimum atomic E-state index is -0.280. The number of pyridine rings is 1. The Hall–Kier alpha value is -2.77. The lowest BCUT2D eigenvalue weighted by Crippen LogP contribution is -2.41. The van der Waals surface area contributed by atoms with Crippen LogP contribution in [0.15, 0.2) is 48.8 Å². The fourth-order valence-corrected chi connectivity index (χ4v) is 3.20. The molecule has 0 unspecified atom stereocenters. The second kappa shape index (κ2) is 7.85. The predicted molar refractivity (Wildman–Crippen MR) is 100 cm³/mol. The molecule has 0 aliphatic carbocycles. The van der Waals surface area contributed by atoms with Crippen LogP contribution >= 0.6 is 0 Å². The zero-order valence-corrected chi connectivity index (χ0v) is 14.9. The van der Waals surface area contributed by atoms with Crippen molar-refractivity contribution in [2.45, 2.75) is 0 Å². The van der Waals surface area contributed by atoms with Crippen LogP contribution < -0.4 is 5.32 Å². The standard InChI is InChI=1S/C20H21FN4O2/c21-17-4-2-1-3-16(17)15-5-6-19-23-18(14-25(19)13-15)20(26)22-7-8-24-9-11-27-12-10-24/h1-6,13-14H,7-12H2,(H,22,26). The van der Waals surface area contributed by atoms with E-state index in [1.807, 2.05) is 0 Å². The Bertz CT molecular complexity index is 950. The summed E-state index contributed by atoms with van der Waals surface area (Å²) >= 11 is 0. The third-order valence-corrected chi connectivity index (χ3v) is 4.69. The van der Waals surface area contributed by atoms with Crippen molar-refractivity contribution in [3.63, 3.8) is 0 Å². The number of amides is 1. The van der Waals surface area contributed by atoms with E-state index in [1.54, 1.807) is 47.1 Å². The topological polar surface area (TPSA) is 58.9 Å². The molecule has 0 atom stereocenters. The van der Waals surface area contributed by atoms with Gasteiger partial charge in [-0.05, 0) is 18.2 Å². The van der Waals surface area contributed by atoms with Crippen LogP contribution in [0.3, 0.4) is 0 Å². The average Bonchev–Trinajstić information content (AvgIpc) is 3.12. The first kappa shape index (κ1) is 17.6. The van der Waals surface area contributed by atoms with E-state index < -0.39 is 0 Å². The number of imidazole rings is 1. The maximum absolute atomic E-state index is 14.0. The average molecular weight is 368 g/mol. The molecule has 1 saturated heterocycles. The highest BCUT2D eigenvalue weighted by atomic mass is 19.1. The number of benzene rings is 1. The second-order valence-corrected chi connectivity index (χ2v) is 6.50. The summed E-state index contributed by atoms with van der Waals surface area (Å²) in [6.45, 7) is 4.62. The van der Waals surface area contributed by atoms with Crippen LogP contribution in [0.25, 0.3) is 16.8 Å². The van der Waals surface area contributed by atoms with Gasteiger partial charge < -0.3 is 14.5 Å². The highest BCUT2D eigenvalue weighted by molar-refractivity contribution is 5.92. The number of nitrogens with one attached hydrogen (secondary N) is 1. The summed E-state index contributed by atoms with van der Waals surface area (Å²) in [5.74, 6) is -0.488. The van der Waals surface area contributed by atoms with E-state index >= 15 is 0 Å². The van der Waals surface area contributed by atoms with E-state index in [0.717, 1.165) is 38.4 Å². The largest absolute Gasteiger partial charge is 0.379 e. The minimum Gasteiger partial charge on any atom is -0.379 e. The molecule has 1 fully saturated rings. The van der Waals surface area contributed by atoms with Crippen molar-refractivity contribution < 1.29 is 13.9 Å². The molecule has 140 valence electrons. The molecule has 1 aliphatic heterocycles. The van der Waals surface area contributed by atoms with E-state index in [1.165, 1.54) is 6.07 Å². The van der Waals surface area contributed by atoms with Gasteiger partial charge in [-0.15, -0.1) is 0 Å². The van der Waals surface area contributed by atoms with Crippen LogP contribution in [0.2, 0.25) is 0 Å². The van der Waals surface area contributed by atoms with Gasteiger partial charge in [0.2, 0.25) is 0 Å². The van der Waals surface area contributed by atoms with Crippen LogP contribution in [0.4, 0.5) is 4.39 Å². The fourth-order valence-electron chi connectivity index (χ4n) is 3.20. The van der Waals surface area contributed by atoms with Crippen LogP contribution in [-0.4, -0.2) is 59.6 Å². The third kappa shape index (κ3) is 3.99. The summed E-state index contributed by atoms with van der Waals surface area (Å²) in [6.07, 6.45) is 3.45. The van der Waals surface area contributed by atoms with E-state index in [-0.39, 0.29) is 11.7 Å². The van der Waals surface area contributed by atoms with Crippen molar-refractivity contribution in [3.8, 4) is 11.1 Å². The fraction of sp³-hybridized carbons (Fsp3) is 0.300. The van der Waals surface area contributed by atoms with Gasteiger partial charge in [0.1, 0.15) is 17.2 Å². The lowest BCUT2D eigenvalue weighted by molar-refractivity contribution is 0.0383. The summed E-state index contributed by atoms with van der Waals surface area (Å²) in [5.41, 5.74) is 2.25. The Morgan fingerprint density at radius 1 is 1.15 bits per heavy atom. The van der Waals surface area contributed by atoms with Gasteiger partial charge in [0.05, 0.1) is 13.2 Å². The molecule has 1 aliphatic rings. The van der Waals surface area contributed by atoms with Crippen molar-refractivity contribution in [1.82, 2.24) is 19.6 Å². The van der Waals surface area contributed by atoms with E-state index in [4.69, 9.17) is 4.74 Å². The normalized spacial score (nSPS) is 15.1. The number of hydrogen-bond acceptors (Lipinski definition) is 4. The first-order valence-electron chi connectivity index (χ1n) is 9.03. The number of carbonyl (C=O) groups excluding carboxylic acids is 1. The molecule has 0 radical (unpaired) electrons. The van der Waals surface area contributed by atoms with Gasteiger partial charge in [-0.25, -0.2) is 9.37 Å². The zero-order chi connectivity index (χ0) is 18.6. The first-order chi connectivity index (χ1) is 13.2. The lowest BCUT2D eigenvalue weighted by atomic mass is 10.1. The molecule has 6 nitrogen and oxygen atoms in total. The van der Waals surface area contributed by atoms with Gasteiger partial charge in [-0.1, -0.05) is 18.2 Å². The number of fused-ring (bicyclic) bond motifs is 1. The quantitative estimate of drug-likeness (QED) is 0.750. The van der Waals surface area contributed by atoms with Gasteiger partial charge >= 0.3 is 0 Å². The lowest BCUT2D eigenvalue weighted by Gasteiger charge is -2.26. The number of rotatable bonds is 5. The number of morpholine rings is 1. The minimum absolute atomic E-state index is 0.209. The summed E-state index contributed by atoms with van der Waals surface area (Å²) < 4.78 is 21.1. The van der Waals surface area contributed by atoms with Gasteiger partial charge in [-0.2, -0.15) is 0 Å². The van der Waals surface area contributed by atoms with Gasteiger partial charge in [0, 0.05) is 49.7 Å². The first-order valence-corrected chi connectivity index (χ1v) is 9.03. The summed E-state index contributed by atoms with van der Waals surface area (Å²) in [5, 5.41) is 2.91. The summed E-state index contributed by atoms with van der Waals surface area (Å²) in [7, 11) is 0. The van der Waals surface area contributed by atoms with Crippen molar-refractivity contribution in [1.29, 1.82) is 0 Å². The van der Waals surface area contributed by atoms with Gasteiger partial charge in [0.25, 0.3) is 5.91 Å². The Morgan fingerprint density at radius 2 is 1.96 bits per heavy atom. The molecule has 7 heteroatoms. The second-order valence-electron chi connectivity index (χ2n) is 6.50. The number of carbonyl (C=O) groups is 1. The number of ether oxygens (including phenoxy) is 1. The molecule has 1 amide bonds.